The maximum atomic E-state index is 10.7. The molecule has 4 nitrogen and oxygen atoms in total. The van der Waals surface area contributed by atoms with E-state index in [0.717, 1.165) is 19.5 Å². The molecule has 1 aliphatic rings. The number of piperidine rings is 1. The topological polar surface area (TPSA) is 52.6 Å². The van der Waals surface area contributed by atoms with Gasteiger partial charge in [0.2, 0.25) is 0 Å². The molecule has 1 saturated heterocycles. The Balaban J connectivity index is 2.31. The summed E-state index contributed by atoms with van der Waals surface area (Å²) in [6.45, 7) is 3.62. The Hall–Kier alpha value is -0.610. The van der Waals surface area contributed by atoms with Crippen molar-refractivity contribution in [3.63, 3.8) is 0 Å². The molecule has 0 bridgehead atoms. The SMILES string of the molecule is CC(C(=O)O)N(C)CC1CCCCN1. The summed E-state index contributed by atoms with van der Waals surface area (Å²) >= 11 is 0. The van der Waals surface area contributed by atoms with Gasteiger partial charge in [-0.15, -0.1) is 0 Å². The van der Waals surface area contributed by atoms with Gasteiger partial charge >= 0.3 is 5.97 Å². The van der Waals surface area contributed by atoms with E-state index in [4.69, 9.17) is 5.11 Å². The second kappa shape index (κ2) is 5.32. The van der Waals surface area contributed by atoms with E-state index in [9.17, 15) is 4.79 Å². The van der Waals surface area contributed by atoms with E-state index in [1.165, 1.54) is 12.8 Å². The van der Waals surface area contributed by atoms with Crippen LogP contribution in [0.3, 0.4) is 0 Å². The molecular formula is C10H20N2O2. The predicted molar refractivity (Wildman–Crippen MR) is 55.4 cm³/mol. The Morgan fingerprint density at radius 1 is 1.64 bits per heavy atom. The minimum absolute atomic E-state index is 0.390. The number of rotatable bonds is 4. The zero-order chi connectivity index (χ0) is 10.6. The molecule has 1 aliphatic heterocycles. The second-order valence-electron chi connectivity index (χ2n) is 4.10. The van der Waals surface area contributed by atoms with Gasteiger partial charge in [-0.1, -0.05) is 6.42 Å². The third-order valence-electron chi connectivity index (χ3n) is 2.94. The van der Waals surface area contributed by atoms with Gasteiger partial charge in [0.25, 0.3) is 0 Å². The van der Waals surface area contributed by atoms with Crippen LogP contribution < -0.4 is 5.32 Å². The van der Waals surface area contributed by atoms with Crippen LogP contribution in [-0.4, -0.2) is 48.2 Å². The number of carboxylic acids is 1. The van der Waals surface area contributed by atoms with Crippen LogP contribution in [0.4, 0.5) is 0 Å². The number of carbonyl (C=O) groups is 1. The molecular weight excluding hydrogens is 180 g/mol. The first-order valence-electron chi connectivity index (χ1n) is 5.27. The quantitative estimate of drug-likeness (QED) is 0.695. The van der Waals surface area contributed by atoms with Crippen LogP contribution in [0.1, 0.15) is 26.2 Å². The molecule has 0 radical (unpaired) electrons. The van der Waals surface area contributed by atoms with Crippen molar-refractivity contribution in [3.8, 4) is 0 Å². The molecule has 1 rings (SSSR count). The van der Waals surface area contributed by atoms with Crippen molar-refractivity contribution in [1.82, 2.24) is 10.2 Å². The molecule has 0 aliphatic carbocycles. The molecule has 0 aromatic carbocycles. The first-order valence-corrected chi connectivity index (χ1v) is 5.27. The maximum Gasteiger partial charge on any atom is 0.320 e. The minimum atomic E-state index is -0.747. The summed E-state index contributed by atoms with van der Waals surface area (Å²) in [6, 6.07) is 0.0780. The van der Waals surface area contributed by atoms with E-state index >= 15 is 0 Å². The molecule has 0 amide bonds. The number of aliphatic carboxylic acids is 1. The van der Waals surface area contributed by atoms with Gasteiger partial charge in [0, 0.05) is 12.6 Å². The second-order valence-corrected chi connectivity index (χ2v) is 4.10. The van der Waals surface area contributed by atoms with Crippen molar-refractivity contribution in [2.24, 2.45) is 0 Å². The summed E-state index contributed by atoms with van der Waals surface area (Å²) in [4.78, 5) is 12.6. The fourth-order valence-electron chi connectivity index (χ4n) is 1.77. The lowest BCUT2D eigenvalue weighted by molar-refractivity contribution is -0.142. The van der Waals surface area contributed by atoms with Gasteiger partial charge in [0.05, 0.1) is 0 Å². The Kier molecular flexibility index (Phi) is 4.35. The van der Waals surface area contributed by atoms with Crippen LogP contribution in [-0.2, 0) is 4.79 Å². The maximum absolute atomic E-state index is 10.7. The number of hydrogen-bond acceptors (Lipinski definition) is 3. The largest absolute Gasteiger partial charge is 0.480 e. The van der Waals surface area contributed by atoms with E-state index in [-0.39, 0.29) is 0 Å². The average Bonchev–Trinajstić information content (AvgIpc) is 2.18. The highest BCUT2D eigenvalue weighted by atomic mass is 16.4. The lowest BCUT2D eigenvalue weighted by Gasteiger charge is -2.30. The fraction of sp³-hybridized carbons (Fsp3) is 0.900. The van der Waals surface area contributed by atoms with Crippen molar-refractivity contribution in [2.45, 2.75) is 38.3 Å². The third kappa shape index (κ3) is 3.27. The van der Waals surface area contributed by atoms with Crippen LogP contribution in [0.25, 0.3) is 0 Å². The Morgan fingerprint density at radius 2 is 2.36 bits per heavy atom. The highest BCUT2D eigenvalue weighted by Gasteiger charge is 2.21. The van der Waals surface area contributed by atoms with Gasteiger partial charge in [-0.3, -0.25) is 9.69 Å². The zero-order valence-corrected chi connectivity index (χ0v) is 8.99. The van der Waals surface area contributed by atoms with Crippen molar-refractivity contribution in [1.29, 1.82) is 0 Å². The minimum Gasteiger partial charge on any atom is -0.480 e. The zero-order valence-electron chi connectivity index (χ0n) is 8.99. The van der Waals surface area contributed by atoms with Gasteiger partial charge in [-0.2, -0.15) is 0 Å². The molecule has 1 fully saturated rings. The summed E-state index contributed by atoms with van der Waals surface area (Å²) in [5, 5.41) is 12.2. The summed E-state index contributed by atoms with van der Waals surface area (Å²) in [5.41, 5.74) is 0. The molecule has 4 heteroatoms. The van der Waals surface area contributed by atoms with Crippen LogP contribution in [0, 0.1) is 0 Å². The Bertz CT molecular complexity index is 191. The number of carboxylic acid groups (broad SMARTS) is 1. The molecule has 2 atom stereocenters. The molecule has 2 unspecified atom stereocenters. The van der Waals surface area contributed by atoms with E-state index in [1.807, 2.05) is 11.9 Å². The molecule has 0 spiro atoms. The molecule has 2 N–H and O–H groups in total. The van der Waals surface area contributed by atoms with Crippen molar-refractivity contribution in [3.05, 3.63) is 0 Å². The van der Waals surface area contributed by atoms with Gasteiger partial charge in [0.1, 0.15) is 6.04 Å². The summed E-state index contributed by atoms with van der Waals surface area (Å²) in [7, 11) is 1.87. The van der Waals surface area contributed by atoms with Crippen molar-refractivity contribution >= 4 is 5.97 Å². The van der Waals surface area contributed by atoms with Crippen molar-refractivity contribution in [2.75, 3.05) is 20.1 Å². The van der Waals surface area contributed by atoms with E-state index in [0.29, 0.717) is 6.04 Å². The number of hydrogen-bond donors (Lipinski definition) is 2. The molecule has 14 heavy (non-hydrogen) atoms. The van der Waals surface area contributed by atoms with E-state index in [1.54, 1.807) is 6.92 Å². The van der Waals surface area contributed by atoms with E-state index < -0.39 is 12.0 Å². The van der Waals surface area contributed by atoms with Crippen molar-refractivity contribution < 1.29 is 9.90 Å². The number of nitrogens with one attached hydrogen (secondary N) is 1. The van der Waals surface area contributed by atoms with Crippen LogP contribution >= 0.6 is 0 Å². The predicted octanol–water partition coefficient (Wildman–Crippen LogP) is 0.533. The molecule has 82 valence electrons. The number of likely N-dealkylation sites (N-methyl/N-ethyl adjacent to an activating group) is 1. The number of nitrogens with zero attached hydrogens (tertiary/aromatic N) is 1. The fourth-order valence-corrected chi connectivity index (χ4v) is 1.77. The molecule has 1 heterocycles. The molecule has 0 aromatic rings. The lowest BCUT2D eigenvalue weighted by Crippen LogP contribution is -2.46. The van der Waals surface area contributed by atoms with Crippen LogP contribution in [0.15, 0.2) is 0 Å². The average molecular weight is 200 g/mol. The Morgan fingerprint density at radius 3 is 2.86 bits per heavy atom. The van der Waals surface area contributed by atoms with Gasteiger partial charge in [0.15, 0.2) is 0 Å². The highest BCUT2D eigenvalue weighted by molar-refractivity contribution is 5.72. The summed E-state index contributed by atoms with van der Waals surface area (Å²) < 4.78 is 0. The van der Waals surface area contributed by atoms with E-state index in [2.05, 4.69) is 5.32 Å². The standard InChI is InChI=1S/C10H20N2O2/c1-8(10(13)14)12(2)7-9-5-3-4-6-11-9/h8-9,11H,3-7H2,1-2H3,(H,13,14). The summed E-state index contributed by atoms with van der Waals surface area (Å²) in [5.74, 6) is -0.747. The Labute approximate surface area is 85.3 Å². The van der Waals surface area contributed by atoms with Gasteiger partial charge in [-0.05, 0) is 33.4 Å². The molecule has 0 saturated carbocycles. The first-order chi connectivity index (χ1) is 6.61. The third-order valence-corrected chi connectivity index (χ3v) is 2.94. The molecule has 0 aromatic heterocycles. The van der Waals surface area contributed by atoms with Crippen LogP contribution in [0.2, 0.25) is 0 Å². The van der Waals surface area contributed by atoms with Gasteiger partial charge in [-0.25, -0.2) is 0 Å². The highest BCUT2D eigenvalue weighted by Crippen LogP contribution is 2.09. The van der Waals surface area contributed by atoms with Gasteiger partial charge < -0.3 is 10.4 Å². The normalized spacial score (nSPS) is 24.9. The lowest BCUT2D eigenvalue weighted by atomic mass is 10.0. The first kappa shape index (κ1) is 11.5. The smallest absolute Gasteiger partial charge is 0.320 e. The van der Waals surface area contributed by atoms with Crippen LogP contribution in [0.5, 0.6) is 0 Å². The summed E-state index contributed by atoms with van der Waals surface area (Å²) in [6.07, 6.45) is 3.67. The monoisotopic (exact) mass is 200 g/mol.